The highest BCUT2D eigenvalue weighted by molar-refractivity contribution is 9.09. The summed E-state index contributed by atoms with van der Waals surface area (Å²) in [5.41, 5.74) is 0. The van der Waals surface area contributed by atoms with Crippen LogP contribution in [0, 0.1) is 0 Å². The summed E-state index contributed by atoms with van der Waals surface area (Å²) in [7, 11) is 0. The first-order chi connectivity index (χ1) is 7.33. The van der Waals surface area contributed by atoms with Crippen molar-refractivity contribution in [2.75, 3.05) is 11.9 Å². The minimum absolute atomic E-state index is 0.146. The Morgan fingerprint density at radius 2 is 2.40 bits per heavy atom. The number of amides is 1. The Kier molecular flexibility index (Phi) is 6.59. The van der Waals surface area contributed by atoms with Crippen LogP contribution in [0.25, 0.3) is 0 Å². The molecule has 1 N–H and O–H groups in total. The van der Waals surface area contributed by atoms with Gasteiger partial charge in [-0.3, -0.25) is 4.79 Å². The van der Waals surface area contributed by atoms with Gasteiger partial charge in [-0.1, -0.05) is 15.9 Å². The zero-order valence-electron chi connectivity index (χ0n) is 8.54. The Bertz CT molecular complexity index is 277. The highest BCUT2D eigenvalue weighted by atomic mass is 79.9. The van der Waals surface area contributed by atoms with E-state index in [-0.39, 0.29) is 5.91 Å². The molecule has 0 spiro atoms. The molecule has 0 saturated heterocycles. The number of rotatable bonds is 7. The monoisotopic (exact) mass is 290 g/mol. The minimum atomic E-state index is 0.146. The van der Waals surface area contributed by atoms with Crippen LogP contribution in [0.1, 0.15) is 24.3 Å². The van der Waals surface area contributed by atoms with E-state index in [4.69, 9.17) is 0 Å². The number of nitrogens with one attached hydrogen (secondary N) is 1. The second-order valence-corrected chi connectivity index (χ2v) is 4.94. The summed E-state index contributed by atoms with van der Waals surface area (Å²) in [5, 5.41) is 6.89. The number of nitrogens with zero attached hydrogens (tertiary/aromatic N) is 1. The first-order valence-electron chi connectivity index (χ1n) is 5.04. The fourth-order valence-corrected chi connectivity index (χ4v) is 2.17. The number of thiazole rings is 1. The van der Waals surface area contributed by atoms with Gasteiger partial charge >= 0.3 is 0 Å². The highest BCUT2D eigenvalue weighted by Gasteiger charge is 2.01. The number of carbonyl (C=O) groups is 1. The van der Waals surface area contributed by atoms with E-state index in [2.05, 4.69) is 26.2 Å². The van der Waals surface area contributed by atoms with Crippen molar-refractivity contribution in [1.82, 2.24) is 10.3 Å². The first-order valence-corrected chi connectivity index (χ1v) is 7.04. The van der Waals surface area contributed by atoms with E-state index < -0.39 is 0 Å². The van der Waals surface area contributed by atoms with Crippen LogP contribution in [-0.2, 0) is 11.2 Å². The largest absolute Gasteiger partial charge is 0.356 e. The Hall–Kier alpha value is -0.420. The summed E-state index contributed by atoms with van der Waals surface area (Å²) in [6.07, 6.45) is 5.26. The molecular weight excluding hydrogens is 276 g/mol. The van der Waals surface area contributed by atoms with Crippen LogP contribution in [-0.4, -0.2) is 22.8 Å². The third-order valence-corrected chi connectivity index (χ3v) is 3.33. The Balaban J connectivity index is 2.02. The van der Waals surface area contributed by atoms with Gasteiger partial charge in [0.2, 0.25) is 5.91 Å². The number of halogens is 1. The Morgan fingerprint density at radius 1 is 1.53 bits per heavy atom. The van der Waals surface area contributed by atoms with Crippen LogP contribution < -0.4 is 5.32 Å². The minimum Gasteiger partial charge on any atom is -0.356 e. The van der Waals surface area contributed by atoms with Crippen LogP contribution in [0.3, 0.4) is 0 Å². The molecule has 1 amide bonds. The van der Waals surface area contributed by atoms with Gasteiger partial charge in [0.05, 0.1) is 5.01 Å². The van der Waals surface area contributed by atoms with E-state index in [1.807, 2.05) is 5.38 Å². The van der Waals surface area contributed by atoms with Crippen LogP contribution in [0.2, 0.25) is 0 Å². The van der Waals surface area contributed by atoms with E-state index >= 15 is 0 Å². The van der Waals surface area contributed by atoms with Gasteiger partial charge in [-0.25, -0.2) is 4.98 Å². The average Bonchev–Trinajstić information content (AvgIpc) is 2.71. The molecule has 1 aromatic rings. The molecule has 0 aliphatic rings. The predicted molar refractivity (Wildman–Crippen MR) is 66.5 cm³/mol. The quantitative estimate of drug-likeness (QED) is 0.619. The fourth-order valence-electron chi connectivity index (χ4n) is 1.15. The highest BCUT2D eigenvalue weighted by Crippen LogP contribution is 2.03. The van der Waals surface area contributed by atoms with Crippen molar-refractivity contribution < 1.29 is 4.79 Å². The van der Waals surface area contributed by atoms with E-state index in [1.54, 1.807) is 17.5 Å². The van der Waals surface area contributed by atoms with Crippen molar-refractivity contribution in [3.63, 3.8) is 0 Å². The molecule has 1 rings (SSSR count). The number of alkyl halides is 1. The van der Waals surface area contributed by atoms with Crippen molar-refractivity contribution in [3.8, 4) is 0 Å². The van der Waals surface area contributed by atoms with Gasteiger partial charge in [0, 0.05) is 36.3 Å². The summed E-state index contributed by atoms with van der Waals surface area (Å²) in [4.78, 5) is 15.5. The first kappa shape index (κ1) is 12.6. The van der Waals surface area contributed by atoms with Crippen molar-refractivity contribution in [1.29, 1.82) is 0 Å². The summed E-state index contributed by atoms with van der Waals surface area (Å²) in [6.45, 7) is 0.695. The molecule has 0 unspecified atom stereocenters. The van der Waals surface area contributed by atoms with Crippen molar-refractivity contribution in [2.24, 2.45) is 0 Å². The third-order valence-electron chi connectivity index (χ3n) is 1.93. The molecule has 15 heavy (non-hydrogen) atoms. The summed E-state index contributed by atoms with van der Waals surface area (Å²) < 4.78 is 0. The lowest BCUT2D eigenvalue weighted by molar-refractivity contribution is -0.121. The lowest BCUT2D eigenvalue weighted by Gasteiger charge is -2.02. The van der Waals surface area contributed by atoms with Crippen LogP contribution in [0.4, 0.5) is 0 Å². The van der Waals surface area contributed by atoms with Crippen molar-refractivity contribution >= 4 is 33.2 Å². The molecule has 0 fully saturated rings. The maximum atomic E-state index is 11.3. The van der Waals surface area contributed by atoms with Crippen LogP contribution in [0.15, 0.2) is 11.6 Å². The van der Waals surface area contributed by atoms with Gasteiger partial charge in [-0.2, -0.15) is 0 Å². The van der Waals surface area contributed by atoms with Crippen molar-refractivity contribution in [2.45, 2.75) is 25.7 Å². The number of carbonyl (C=O) groups excluding carboxylic acids is 1. The number of aromatic nitrogens is 1. The molecule has 5 heteroatoms. The zero-order chi connectivity index (χ0) is 10.9. The SMILES string of the molecule is O=C(CCCCBr)NCCc1nccs1. The van der Waals surface area contributed by atoms with Crippen molar-refractivity contribution in [3.05, 3.63) is 16.6 Å². The fraction of sp³-hybridized carbons (Fsp3) is 0.600. The topological polar surface area (TPSA) is 42.0 Å². The normalized spacial score (nSPS) is 10.2. The van der Waals surface area contributed by atoms with Crippen LogP contribution in [0.5, 0.6) is 0 Å². The molecule has 1 aromatic heterocycles. The smallest absolute Gasteiger partial charge is 0.220 e. The Morgan fingerprint density at radius 3 is 3.07 bits per heavy atom. The molecule has 0 radical (unpaired) electrons. The lowest BCUT2D eigenvalue weighted by Crippen LogP contribution is -2.25. The summed E-state index contributed by atoms with van der Waals surface area (Å²) in [6, 6.07) is 0. The molecule has 0 saturated carbocycles. The van der Waals surface area contributed by atoms with Gasteiger partial charge in [-0.15, -0.1) is 11.3 Å². The molecular formula is C10H15BrN2OS. The lowest BCUT2D eigenvalue weighted by atomic mass is 10.2. The molecule has 1 heterocycles. The second kappa shape index (κ2) is 7.82. The van der Waals surface area contributed by atoms with Gasteiger partial charge in [0.15, 0.2) is 0 Å². The summed E-state index contributed by atoms with van der Waals surface area (Å²) >= 11 is 4.97. The zero-order valence-corrected chi connectivity index (χ0v) is 10.9. The molecule has 0 bridgehead atoms. The maximum absolute atomic E-state index is 11.3. The van der Waals surface area contributed by atoms with E-state index in [1.165, 1.54) is 0 Å². The average molecular weight is 291 g/mol. The molecule has 0 aromatic carbocycles. The van der Waals surface area contributed by atoms with Crippen LogP contribution >= 0.6 is 27.3 Å². The van der Waals surface area contributed by atoms with Gasteiger partial charge in [0.25, 0.3) is 0 Å². The molecule has 3 nitrogen and oxygen atoms in total. The van der Waals surface area contributed by atoms with E-state index in [0.29, 0.717) is 13.0 Å². The number of hydrogen-bond donors (Lipinski definition) is 1. The molecule has 0 aliphatic heterocycles. The molecule has 0 atom stereocenters. The third kappa shape index (κ3) is 5.89. The van der Waals surface area contributed by atoms with Gasteiger partial charge in [0.1, 0.15) is 0 Å². The predicted octanol–water partition coefficient (Wildman–Crippen LogP) is 2.37. The number of unbranched alkanes of at least 4 members (excludes halogenated alkanes) is 1. The van der Waals surface area contributed by atoms with Gasteiger partial charge < -0.3 is 5.32 Å². The van der Waals surface area contributed by atoms with Gasteiger partial charge in [-0.05, 0) is 12.8 Å². The second-order valence-electron chi connectivity index (χ2n) is 3.17. The standard InChI is InChI=1S/C10H15BrN2OS/c11-5-2-1-3-9(14)12-6-4-10-13-7-8-15-10/h7-8H,1-6H2,(H,12,14). The van der Waals surface area contributed by atoms with E-state index in [9.17, 15) is 4.79 Å². The number of hydrogen-bond acceptors (Lipinski definition) is 3. The van der Waals surface area contributed by atoms with E-state index in [0.717, 1.165) is 29.6 Å². The molecule has 0 aliphatic carbocycles. The Labute approximate surface area is 102 Å². The maximum Gasteiger partial charge on any atom is 0.220 e. The summed E-state index contributed by atoms with van der Waals surface area (Å²) in [5.74, 6) is 0.146. The molecule has 84 valence electrons.